The molecule has 0 saturated heterocycles. The van der Waals surface area contributed by atoms with E-state index in [0.29, 0.717) is 57.3 Å². The van der Waals surface area contributed by atoms with Crippen LogP contribution in [0.15, 0.2) is 0 Å². The lowest BCUT2D eigenvalue weighted by Crippen LogP contribution is -2.44. The van der Waals surface area contributed by atoms with Crippen molar-refractivity contribution in [1.29, 1.82) is 0 Å². The Bertz CT molecular complexity index is 2710. The van der Waals surface area contributed by atoms with Crippen molar-refractivity contribution in [3.05, 3.63) is 0 Å². The summed E-state index contributed by atoms with van der Waals surface area (Å²) in [4.78, 5) is 0. The standard InChI is InChI=1S/C28H50F6O11.C25H44F6O13.C25H44F6O12/c29-26(30,20-41-14-13-40-15-23(36)10-3-1-2-7-22-8-4-5-9-22)44-28(33,34)45-27(31,32)21-43-19-25(38)18-42-17-24(37)16-39-12-6-11-35;1-36-21-3-4-22(9-21)42-15-20(35)11-38-7-8-39-16-23(26,27)43-25(30,31)44-24(28,29)17-41-14-19(34)13-40-12-18(33)10-37-6-2-5-32;26-23(27,16-39-9-8-38-11-20(34)5-3-18-2-4-19(33)10-18)42-25(30,31)43-24(28,29)17-41-15-22(36)14-40-13-21(35)12-37-7-1-6-32/h22-25,35-38H,1-21H2;18-22,32-35H,2-17H2,1H3;18-22,32-36H,1-17H2. The van der Waals surface area contributed by atoms with Crippen LogP contribution in [0, 0.1) is 11.8 Å². The van der Waals surface area contributed by atoms with Crippen LogP contribution >= 0.6 is 0 Å². The van der Waals surface area contributed by atoms with E-state index >= 15 is 0 Å². The van der Waals surface area contributed by atoms with Gasteiger partial charge < -0.3 is 147 Å². The number of methoxy groups -OCH3 is 1. The average Bonchev–Trinajstić information content (AvgIpc) is 1.64. The van der Waals surface area contributed by atoms with Gasteiger partial charge in [-0.3, -0.25) is 0 Å². The number of rotatable bonds is 85. The second kappa shape index (κ2) is 71.7. The molecule has 36 nitrogen and oxygen atoms in total. The summed E-state index contributed by atoms with van der Waals surface area (Å²) in [5.41, 5.74) is 0. The highest BCUT2D eigenvalue weighted by molar-refractivity contribution is 4.78. The van der Waals surface area contributed by atoms with Crippen LogP contribution in [-0.4, -0.2) is 427 Å². The highest BCUT2D eigenvalue weighted by Crippen LogP contribution is 2.38. The molecule has 132 heavy (non-hydrogen) atoms. The maximum Gasteiger partial charge on any atom is 0.495 e. The number of ether oxygens (including phenoxy) is 23. The van der Waals surface area contributed by atoms with Crippen molar-refractivity contribution < 1.29 is 254 Å². The van der Waals surface area contributed by atoms with Gasteiger partial charge in [0.05, 0.1) is 176 Å². The fourth-order valence-electron chi connectivity index (χ4n) is 12.0. The Labute approximate surface area is 753 Å². The highest BCUT2D eigenvalue weighted by Gasteiger charge is 2.55. The first kappa shape index (κ1) is 127. The number of aliphatic hydroxyl groups excluding tert-OH is 13. The van der Waals surface area contributed by atoms with Gasteiger partial charge in [-0.25, -0.2) is 28.4 Å². The number of hydrogen-bond acceptors (Lipinski definition) is 36. The lowest BCUT2D eigenvalue weighted by molar-refractivity contribution is -0.519. The van der Waals surface area contributed by atoms with E-state index in [4.69, 9.17) is 67.4 Å². The zero-order valence-electron chi connectivity index (χ0n) is 73.8. The van der Waals surface area contributed by atoms with E-state index in [1.165, 1.54) is 32.1 Å². The molecule has 0 aliphatic heterocycles. The molecule has 13 N–H and O–H groups in total. The van der Waals surface area contributed by atoms with Crippen LogP contribution in [0.4, 0.5) is 79.0 Å². The van der Waals surface area contributed by atoms with E-state index in [1.807, 2.05) is 0 Å². The molecule has 0 aromatic heterocycles. The van der Waals surface area contributed by atoms with Gasteiger partial charge in [0.2, 0.25) is 0 Å². The predicted molar refractivity (Wildman–Crippen MR) is 415 cm³/mol. The molecule has 0 radical (unpaired) electrons. The number of alkyl halides is 18. The van der Waals surface area contributed by atoms with Gasteiger partial charge in [-0.05, 0) is 88.9 Å². The molecule has 0 aromatic carbocycles. The third-order valence-corrected chi connectivity index (χ3v) is 18.1. The van der Waals surface area contributed by atoms with Crippen molar-refractivity contribution in [2.75, 3.05) is 232 Å². The molecule has 792 valence electrons. The summed E-state index contributed by atoms with van der Waals surface area (Å²) in [5, 5.41) is 123. The lowest BCUT2D eigenvalue weighted by Gasteiger charge is -2.26. The Morgan fingerprint density at radius 1 is 0.258 bits per heavy atom. The van der Waals surface area contributed by atoms with Gasteiger partial charge in [0.15, 0.2) is 0 Å². The van der Waals surface area contributed by atoms with Gasteiger partial charge in [-0.15, -0.1) is 26.3 Å². The molecule has 3 aliphatic rings. The van der Waals surface area contributed by atoms with Crippen LogP contribution in [0.25, 0.3) is 0 Å². The first-order valence-electron chi connectivity index (χ1n) is 43.1. The third-order valence-electron chi connectivity index (χ3n) is 18.1. The summed E-state index contributed by atoms with van der Waals surface area (Å²) in [6.45, 7) is -18.2. The number of unbranched alkanes of at least 4 members (excludes halogenated alkanes) is 2. The monoisotopic (exact) mass is 1990 g/mol. The first-order valence-corrected chi connectivity index (χ1v) is 43.1. The normalized spacial score (nSPS) is 19.3. The van der Waals surface area contributed by atoms with Crippen LogP contribution in [-0.2, 0) is 109 Å². The third kappa shape index (κ3) is 74.3. The molecule has 3 fully saturated rings. The number of halogens is 18. The summed E-state index contributed by atoms with van der Waals surface area (Å²) < 4.78 is 347. The molecule has 13 unspecified atom stereocenters. The molecule has 0 spiro atoms. The van der Waals surface area contributed by atoms with Crippen LogP contribution in [0.1, 0.15) is 128 Å². The van der Waals surface area contributed by atoms with Crippen molar-refractivity contribution >= 4 is 0 Å². The van der Waals surface area contributed by atoms with Gasteiger partial charge in [0, 0.05) is 46.8 Å². The Morgan fingerprint density at radius 2 is 0.538 bits per heavy atom. The minimum atomic E-state index is -5.46. The second-order valence-corrected chi connectivity index (χ2v) is 31.0. The fourth-order valence-corrected chi connectivity index (χ4v) is 12.0. The number of hydrogen-bond donors (Lipinski definition) is 13. The summed E-state index contributed by atoms with van der Waals surface area (Å²) in [7, 11) is 1.60. The largest absolute Gasteiger partial charge is 0.495 e. The molecule has 3 saturated carbocycles. The zero-order valence-corrected chi connectivity index (χ0v) is 73.8. The predicted octanol–water partition coefficient (Wildman–Crippen LogP) is 5.58. The van der Waals surface area contributed by atoms with Crippen molar-refractivity contribution in [2.24, 2.45) is 11.8 Å². The molecular formula is C78H138F18O36. The van der Waals surface area contributed by atoms with Crippen molar-refractivity contribution in [3.63, 3.8) is 0 Å². The molecular weight excluding hydrogens is 1850 g/mol. The SMILES string of the molecule is COC1CCC(OCC(O)COCCOCC(F)(F)OC(F)(F)OC(F)(F)COCC(O)COCC(O)COCCCO)C1.OCCCOCC(O)COCC(O)COCC(F)(F)OC(F)(F)OC(F)(F)COCCOCC(O)CCC1CCC(O)C1.OCCCOCC(O)COCC(O)COCC(F)(F)OC(F)(F)OC(F)(F)COCCOCC(O)CCCCCC1CCCC1. The van der Waals surface area contributed by atoms with E-state index in [9.17, 15) is 130 Å². The lowest BCUT2D eigenvalue weighted by atomic mass is 9.99. The summed E-state index contributed by atoms with van der Waals surface area (Å²) in [5.74, 6) is 1.13. The minimum Gasteiger partial charge on any atom is -0.396 e. The maximum absolute atomic E-state index is 13.7. The Kier molecular flexibility index (Phi) is 69.1. The van der Waals surface area contributed by atoms with Crippen molar-refractivity contribution in [2.45, 2.75) is 257 Å². The van der Waals surface area contributed by atoms with Gasteiger partial charge in [-0.2, -0.15) is 52.7 Å². The molecule has 13 atom stereocenters. The number of aliphatic hydroxyl groups is 13. The van der Waals surface area contributed by atoms with E-state index in [0.717, 1.165) is 50.9 Å². The quantitative estimate of drug-likeness (QED) is 0.0201. The molecule has 3 aliphatic carbocycles. The smallest absolute Gasteiger partial charge is 0.396 e. The van der Waals surface area contributed by atoms with Crippen LogP contribution < -0.4 is 0 Å². The van der Waals surface area contributed by atoms with Gasteiger partial charge >= 0.3 is 55.5 Å². The fraction of sp³-hybridized carbons (Fsp3) is 1.00. The zero-order chi connectivity index (χ0) is 99.0. The second-order valence-electron chi connectivity index (χ2n) is 31.0. The summed E-state index contributed by atoms with van der Waals surface area (Å²) in [6, 6.07) is 0. The molecule has 3 rings (SSSR count). The van der Waals surface area contributed by atoms with E-state index in [2.05, 4.69) is 56.8 Å². The topological polar surface area (TPSA) is 475 Å². The molecule has 0 heterocycles. The Morgan fingerprint density at radius 3 is 0.848 bits per heavy atom. The van der Waals surface area contributed by atoms with Gasteiger partial charge in [0.25, 0.3) is 0 Å². The van der Waals surface area contributed by atoms with Gasteiger partial charge in [-0.1, -0.05) is 51.4 Å². The summed E-state index contributed by atoms with van der Waals surface area (Å²) in [6.07, 6.45) is -38.8. The molecule has 0 amide bonds. The molecule has 0 aromatic rings. The molecule has 54 heteroatoms. The van der Waals surface area contributed by atoms with E-state index in [-0.39, 0.29) is 144 Å². The van der Waals surface area contributed by atoms with Crippen LogP contribution in [0.3, 0.4) is 0 Å². The Hall–Kier alpha value is -2.70. The van der Waals surface area contributed by atoms with E-state index < -0.39 is 210 Å². The van der Waals surface area contributed by atoms with Crippen LogP contribution in [0.2, 0.25) is 0 Å². The average molecular weight is 1990 g/mol. The maximum atomic E-state index is 13.7. The van der Waals surface area contributed by atoms with Crippen molar-refractivity contribution in [1.82, 2.24) is 0 Å². The van der Waals surface area contributed by atoms with Crippen LogP contribution in [0.5, 0.6) is 0 Å². The van der Waals surface area contributed by atoms with E-state index in [1.54, 1.807) is 7.11 Å². The van der Waals surface area contributed by atoms with Gasteiger partial charge in [0.1, 0.15) is 82.4 Å². The summed E-state index contributed by atoms with van der Waals surface area (Å²) >= 11 is 0. The van der Waals surface area contributed by atoms with Crippen molar-refractivity contribution in [3.8, 4) is 0 Å². The minimum absolute atomic E-state index is 0.0252. The Balaban J connectivity index is 0.000000990. The highest BCUT2D eigenvalue weighted by atomic mass is 19.3. The molecule has 0 bridgehead atoms. The first-order chi connectivity index (χ1) is 62.0.